The Balaban J connectivity index is 4.23. The van der Waals surface area contributed by atoms with Crippen LogP contribution in [0.1, 0.15) is 303 Å². The summed E-state index contributed by atoms with van der Waals surface area (Å²) in [7, 11) is 0. The molecule has 0 aromatic rings. The van der Waals surface area contributed by atoms with Crippen molar-refractivity contribution in [2.24, 2.45) is 0 Å². The van der Waals surface area contributed by atoms with Gasteiger partial charge in [-0.05, 0) is 77.0 Å². The number of allylic oxidation sites excluding steroid dienone is 14. The molecule has 0 saturated heterocycles. The predicted molar refractivity (Wildman–Crippen MR) is 316 cm³/mol. The standard InChI is InChI=1S/C67H116O6/c1-4-7-10-13-16-19-21-23-25-27-29-31-32-33-34-35-36-37-39-40-42-44-46-48-51-54-57-60-66(69)72-63-64(62-71-65(68)59-56-53-50-18-15-12-9-6-3)73-67(70)61-58-55-52-49-47-45-43-41-38-30-28-26-24-22-20-17-14-11-8-5-2/h7,10,16,19,23,25,29,31,33-34,36-37,40,42,64H,4-6,8-9,11-15,17-18,20-22,24,26-28,30,32,35,38-39,41,43-63H2,1-3H3/b10-7-,19-16-,25-23-,31-29-,34-33-,37-36-,42-40-. The number of ether oxygens (including phenoxy) is 3. The van der Waals surface area contributed by atoms with Crippen molar-refractivity contribution >= 4 is 17.9 Å². The number of carbonyl (C=O) groups is 3. The minimum Gasteiger partial charge on any atom is -0.462 e. The Bertz CT molecular complexity index is 1400. The van der Waals surface area contributed by atoms with Crippen LogP contribution >= 0.6 is 0 Å². The maximum atomic E-state index is 12.9. The smallest absolute Gasteiger partial charge is 0.306 e. The predicted octanol–water partition coefficient (Wildman–Crippen LogP) is 21.1. The third-order valence-electron chi connectivity index (χ3n) is 13.4. The molecule has 0 spiro atoms. The molecule has 0 fully saturated rings. The van der Waals surface area contributed by atoms with Crippen molar-refractivity contribution in [3.63, 3.8) is 0 Å². The van der Waals surface area contributed by atoms with Gasteiger partial charge in [-0.1, -0.05) is 292 Å². The molecule has 0 bridgehead atoms. The molecule has 0 aliphatic rings. The molecule has 0 aromatic heterocycles. The molecule has 0 saturated carbocycles. The summed E-state index contributed by atoms with van der Waals surface area (Å²) in [4.78, 5) is 38.1. The Morgan fingerprint density at radius 1 is 0.288 bits per heavy atom. The zero-order chi connectivity index (χ0) is 52.9. The van der Waals surface area contributed by atoms with Crippen LogP contribution in [0, 0.1) is 0 Å². The third kappa shape index (κ3) is 59.3. The van der Waals surface area contributed by atoms with Crippen LogP contribution in [0.5, 0.6) is 0 Å². The average molecular weight is 1020 g/mol. The van der Waals surface area contributed by atoms with Crippen LogP contribution in [0.2, 0.25) is 0 Å². The number of unbranched alkanes of at least 4 members (excludes halogenated alkanes) is 31. The summed E-state index contributed by atoms with van der Waals surface area (Å²) < 4.78 is 16.8. The van der Waals surface area contributed by atoms with Crippen LogP contribution in [-0.2, 0) is 28.6 Å². The van der Waals surface area contributed by atoms with E-state index in [2.05, 4.69) is 106 Å². The van der Waals surface area contributed by atoms with E-state index in [0.29, 0.717) is 19.3 Å². The molecule has 1 atom stereocenters. The highest BCUT2D eigenvalue weighted by molar-refractivity contribution is 5.71. The zero-order valence-electron chi connectivity index (χ0n) is 48.1. The van der Waals surface area contributed by atoms with E-state index in [-0.39, 0.29) is 31.1 Å². The minimum atomic E-state index is -0.781. The highest BCUT2D eigenvalue weighted by Gasteiger charge is 2.19. The second kappa shape index (κ2) is 61.1. The fraction of sp³-hybridized carbons (Fsp3) is 0.746. The van der Waals surface area contributed by atoms with E-state index in [1.807, 2.05) is 0 Å². The minimum absolute atomic E-state index is 0.0794. The van der Waals surface area contributed by atoms with Crippen LogP contribution in [0.4, 0.5) is 0 Å². The van der Waals surface area contributed by atoms with Crippen LogP contribution < -0.4 is 0 Å². The van der Waals surface area contributed by atoms with Gasteiger partial charge in [0.1, 0.15) is 13.2 Å². The van der Waals surface area contributed by atoms with Crippen molar-refractivity contribution in [1.29, 1.82) is 0 Å². The van der Waals surface area contributed by atoms with Crippen LogP contribution in [0.3, 0.4) is 0 Å². The topological polar surface area (TPSA) is 78.9 Å². The summed E-state index contributed by atoms with van der Waals surface area (Å²) >= 11 is 0. The molecule has 420 valence electrons. The first-order chi connectivity index (χ1) is 36.0. The van der Waals surface area contributed by atoms with Crippen molar-refractivity contribution in [3.05, 3.63) is 85.1 Å². The monoisotopic (exact) mass is 1020 g/mol. The van der Waals surface area contributed by atoms with Gasteiger partial charge in [0.15, 0.2) is 6.10 Å². The van der Waals surface area contributed by atoms with Gasteiger partial charge in [0.2, 0.25) is 0 Å². The molecule has 6 nitrogen and oxygen atoms in total. The molecule has 6 heteroatoms. The number of esters is 3. The molecule has 0 N–H and O–H groups in total. The van der Waals surface area contributed by atoms with E-state index in [1.165, 1.54) is 141 Å². The van der Waals surface area contributed by atoms with Gasteiger partial charge >= 0.3 is 17.9 Å². The van der Waals surface area contributed by atoms with Gasteiger partial charge in [0.05, 0.1) is 0 Å². The van der Waals surface area contributed by atoms with Gasteiger partial charge in [-0.15, -0.1) is 0 Å². The van der Waals surface area contributed by atoms with Crippen molar-refractivity contribution in [2.75, 3.05) is 13.2 Å². The fourth-order valence-corrected chi connectivity index (χ4v) is 8.78. The lowest BCUT2D eigenvalue weighted by molar-refractivity contribution is -0.167. The summed E-state index contributed by atoms with van der Waals surface area (Å²) in [5.41, 5.74) is 0. The van der Waals surface area contributed by atoms with E-state index in [0.717, 1.165) is 122 Å². The Kier molecular flexibility index (Phi) is 58.3. The van der Waals surface area contributed by atoms with Crippen molar-refractivity contribution in [2.45, 2.75) is 309 Å². The first-order valence-electron chi connectivity index (χ1n) is 31.1. The summed E-state index contributed by atoms with van der Waals surface area (Å²) in [6, 6.07) is 0. The number of carbonyl (C=O) groups excluding carboxylic acids is 3. The molecule has 0 radical (unpaired) electrons. The first-order valence-corrected chi connectivity index (χ1v) is 31.1. The van der Waals surface area contributed by atoms with Crippen molar-refractivity contribution in [3.8, 4) is 0 Å². The second-order valence-electron chi connectivity index (χ2n) is 20.6. The maximum absolute atomic E-state index is 12.9. The van der Waals surface area contributed by atoms with Gasteiger partial charge in [0, 0.05) is 19.3 Å². The lowest BCUT2D eigenvalue weighted by Crippen LogP contribution is -2.30. The summed E-state index contributed by atoms with van der Waals surface area (Å²) in [5.74, 6) is -0.892. The highest BCUT2D eigenvalue weighted by Crippen LogP contribution is 2.17. The molecular weight excluding hydrogens is 901 g/mol. The lowest BCUT2D eigenvalue weighted by atomic mass is 10.0. The number of hydrogen-bond donors (Lipinski definition) is 0. The Morgan fingerprint density at radius 3 is 0.836 bits per heavy atom. The molecule has 0 amide bonds. The lowest BCUT2D eigenvalue weighted by Gasteiger charge is -2.18. The molecule has 0 heterocycles. The van der Waals surface area contributed by atoms with Gasteiger partial charge in [-0.3, -0.25) is 14.4 Å². The Morgan fingerprint density at radius 2 is 0.534 bits per heavy atom. The largest absolute Gasteiger partial charge is 0.462 e. The summed E-state index contributed by atoms with van der Waals surface area (Å²) in [6.07, 6.45) is 80.3. The van der Waals surface area contributed by atoms with Gasteiger partial charge in [0.25, 0.3) is 0 Å². The van der Waals surface area contributed by atoms with Crippen LogP contribution in [-0.4, -0.2) is 37.2 Å². The first kappa shape index (κ1) is 69.6. The molecule has 1 unspecified atom stereocenters. The quantitative estimate of drug-likeness (QED) is 0.0261. The Labute approximate surface area is 452 Å². The number of rotatable bonds is 56. The van der Waals surface area contributed by atoms with E-state index < -0.39 is 6.10 Å². The highest BCUT2D eigenvalue weighted by atomic mass is 16.6. The number of hydrogen-bond acceptors (Lipinski definition) is 6. The second-order valence-corrected chi connectivity index (χ2v) is 20.6. The normalized spacial score (nSPS) is 12.6. The maximum Gasteiger partial charge on any atom is 0.306 e. The van der Waals surface area contributed by atoms with E-state index in [1.54, 1.807) is 0 Å². The van der Waals surface area contributed by atoms with Crippen molar-refractivity contribution in [1.82, 2.24) is 0 Å². The summed E-state index contributed by atoms with van der Waals surface area (Å²) in [5, 5.41) is 0. The van der Waals surface area contributed by atoms with E-state index in [4.69, 9.17) is 14.2 Å². The Hall–Kier alpha value is -3.41. The fourth-order valence-electron chi connectivity index (χ4n) is 8.78. The molecule has 0 aliphatic heterocycles. The third-order valence-corrected chi connectivity index (χ3v) is 13.4. The van der Waals surface area contributed by atoms with Crippen LogP contribution in [0.15, 0.2) is 85.1 Å². The van der Waals surface area contributed by atoms with E-state index in [9.17, 15) is 14.4 Å². The molecule has 0 aliphatic carbocycles. The molecule has 0 aromatic carbocycles. The molecular formula is C67H116O6. The van der Waals surface area contributed by atoms with Gasteiger partial charge < -0.3 is 14.2 Å². The van der Waals surface area contributed by atoms with Crippen molar-refractivity contribution < 1.29 is 28.6 Å². The van der Waals surface area contributed by atoms with E-state index >= 15 is 0 Å². The zero-order valence-corrected chi connectivity index (χ0v) is 48.1. The average Bonchev–Trinajstić information content (AvgIpc) is 3.39. The molecule has 0 rings (SSSR count). The van der Waals surface area contributed by atoms with Crippen LogP contribution in [0.25, 0.3) is 0 Å². The molecule has 73 heavy (non-hydrogen) atoms. The summed E-state index contributed by atoms with van der Waals surface area (Å²) in [6.45, 7) is 6.51. The SMILES string of the molecule is CC/C=C\C/C=C\C/C=C\C/C=C\C/C=C\C/C=C\C/C=C\CCCCCCCC(=O)OCC(COC(=O)CCCCCCCCCC)OC(=O)CCCCCCCCCCCCCCCCCCCCCC. The van der Waals surface area contributed by atoms with Gasteiger partial charge in [-0.25, -0.2) is 0 Å². The van der Waals surface area contributed by atoms with Gasteiger partial charge in [-0.2, -0.15) is 0 Å².